The number of allylic oxidation sites excluding steroid dienone is 1. The summed E-state index contributed by atoms with van der Waals surface area (Å²) in [7, 11) is 0. The maximum atomic E-state index is 12.4. The summed E-state index contributed by atoms with van der Waals surface area (Å²) in [6.45, 7) is 7.39. The van der Waals surface area contributed by atoms with Gasteiger partial charge < -0.3 is 14.2 Å². The summed E-state index contributed by atoms with van der Waals surface area (Å²) in [5.74, 6) is 1.69. The second kappa shape index (κ2) is 17.7. The van der Waals surface area contributed by atoms with Gasteiger partial charge in [-0.15, -0.1) is 6.58 Å². The molecule has 0 unspecified atom stereocenters. The van der Waals surface area contributed by atoms with Gasteiger partial charge in [0.05, 0.1) is 18.8 Å². The Morgan fingerprint density at radius 2 is 1.15 bits per heavy atom. The molecule has 0 radical (unpaired) electrons. The van der Waals surface area contributed by atoms with Crippen molar-refractivity contribution in [3.8, 4) is 17.2 Å². The molecule has 186 valence electrons. The van der Waals surface area contributed by atoms with E-state index in [9.17, 15) is 4.79 Å². The van der Waals surface area contributed by atoms with Crippen LogP contribution in [0.25, 0.3) is 0 Å². The van der Waals surface area contributed by atoms with Crippen molar-refractivity contribution < 1.29 is 19.0 Å². The molecule has 2 aromatic carbocycles. The number of carbonyl (C=O) groups excluding carboxylic acids is 1. The Balaban J connectivity index is 1.63. The van der Waals surface area contributed by atoms with Gasteiger partial charge in [0.25, 0.3) is 0 Å². The van der Waals surface area contributed by atoms with Crippen LogP contribution in [-0.4, -0.2) is 19.2 Å². The molecule has 0 atom stereocenters. The third-order valence-electron chi connectivity index (χ3n) is 5.71. The van der Waals surface area contributed by atoms with Crippen molar-refractivity contribution in [1.29, 1.82) is 0 Å². The van der Waals surface area contributed by atoms with E-state index in [0.29, 0.717) is 24.5 Å². The van der Waals surface area contributed by atoms with Crippen LogP contribution in [0.4, 0.5) is 0 Å². The lowest BCUT2D eigenvalue weighted by Crippen LogP contribution is -2.08. The Morgan fingerprint density at radius 3 is 1.71 bits per heavy atom. The highest BCUT2D eigenvalue weighted by Gasteiger charge is 2.09. The van der Waals surface area contributed by atoms with Crippen molar-refractivity contribution in [2.45, 2.75) is 84.0 Å². The Morgan fingerprint density at radius 1 is 0.676 bits per heavy atom. The van der Waals surface area contributed by atoms with Crippen LogP contribution in [0.3, 0.4) is 0 Å². The Bertz CT molecular complexity index is 796. The second-order valence-corrected chi connectivity index (χ2v) is 8.70. The van der Waals surface area contributed by atoms with Gasteiger partial charge in [0.15, 0.2) is 0 Å². The van der Waals surface area contributed by atoms with Crippen LogP contribution < -0.4 is 14.2 Å². The molecule has 0 fully saturated rings. The van der Waals surface area contributed by atoms with E-state index < -0.39 is 0 Å². The number of benzene rings is 2. The normalized spacial score (nSPS) is 10.6. The number of carbonyl (C=O) groups is 1. The summed E-state index contributed by atoms with van der Waals surface area (Å²) in [5, 5.41) is 0. The van der Waals surface area contributed by atoms with E-state index in [2.05, 4.69) is 13.5 Å². The lowest BCUT2D eigenvalue weighted by atomic mass is 10.1. The highest BCUT2D eigenvalue weighted by Crippen LogP contribution is 2.20. The van der Waals surface area contributed by atoms with Gasteiger partial charge in [-0.25, -0.2) is 4.79 Å². The van der Waals surface area contributed by atoms with Crippen molar-refractivity contribution in [2.24, 2.45) is 0 Å². The Kier molecular flexibility index (Phi) is 14.3. The summed E-state index contributed by atoms with van der Waals surface area (Å²) in [6, 6.07) is 14.3. The van der Waals surface area contributed by atoms with Gasteiger partial charge in [-0.3, -0.25) is 0 Å². The van der Waals surface area contributed by atoms with Crippen molar-refractivity contribution in [2.75, 3.05) is 13.2 Å². The molecule has 0 aliphatic heterocycles. The maximum Gasteiger partial charge on any atom is 0.343 e. The van der Waals surface area contributed by atoms with E-state index in [1.165, 1.54) is 57.8 Å². The van der Waals surface area contributed by atoms with E-state index >= 15 is 0 Å². The molecule has 0 aliphatic carbocycles. The van der Waals surface area contributed by atoms with Gasteiger partial charge in [0.2, 0.25) is 0 Å². The molecule has 34 heavy (non-hydrogen) atoms. The summed E-state index contributed by atoms with van der Waals surface area (Å²) in [6.07, 6.45) is 16.4. The zero-order chi connectivity index (χ0) is 24.3. The first-order valence-electron chi connectivity index (χ1n) is 13.0. The number of esters is 1. The lowest BCUT2D eigenvalue weighted by molar-refractivity contribution is 0.0734. The summed E-state index contributed by atoms with van der Waals surface area (Å²) in [5.41, 5.74) is 0.500. The number of unbranched alkanes of at least 4 members (excludes halogenated alkanes) is 10. The number of hydrogen-bond donors (Lipinski definition) is 0. The molecule has 0 saturated heterocycles. The standard InChI is InChI=1S/C30H42O4/c1-3-5-7-9-11-13-15-25-33-28-20-22-29(23-21-28)34-30(31)26-16-18-27(19-17-26)32-24-14-12-10-8-6-4-2/h3,16-23H,1,4-15,24-25H2,2H3. The predicted octanol–water partition coefficient (Wildman–Crippen LogP) is 8.55. The molecule has 0 amide bonds. The molecule has 4 nitrogen and oxygen atoms in total. The number of hydrogen-bond acceptors (Lipinski definition) is 4. The molecule has 0 heterocycles. The van der Waals surface area contributed by atoms with Crippen molar-refractivity contribution in [3.05, 3.63) is 66.7 Å². The Hall–Kier alpha value is -2.75. The predicted molar refractivity (Wildman–Crippen MR) is 140 cm³/mol. The third-order valence-corrected chi connectivity index (χ3v) is 5.71. The quantitative estimate of drug-likeness (QED) is 0.0900. The van der Waals surface area contributed by atoms with Crippen LogP contribution in [-0.2, 0) is 0 Å². The third kappa shape index (κ3) is 11.9. The minimum Gasteiger partial charge on any atom is -0.494 e. The molecule has 0 aromatic heterocycles. The first kappa shape index (κ1) is 27.5. The first-order valence-corrected chi connectivity index (χ1v) is 13.0. The lowest BCUT2D eigenvalue weighted by Gasteiger charge is -2.09. The fourth-order valence-corrected chi connectivity index (χ4v) is 3.64. The monoisotopic (exact) mass is 466 g/mol. The van der Waals surface area contributed by atoms with E-state index in [4.69, 9.17) is 14.2 Å². The summed E-state index contributed by atoms with van der Waals surface area (Å²) >= 11 is 0. The molecule has 0 bridgehead atoms. The SMILES string of the molecule is C=CCCCCCCCOc1ccc(OC(=O)c2ccc(OCCCCCCCC)cc2)cc1. The number of ether oxygens (including phenoxy) is 3. The van der Waals surface area contributed by atoms with Gasteiger partial charge in [-0.2, -0.15) is 0 Å². The number of rotatable bonds is 19. The van der Waals surface area contributed by atoms with Crippen molar-refractivity contribution in [3.63, 3.8) is 0 Å². The van der Waals surface area contributed by atoms with Crippen LogP contribution in [0, 0.1) is 0 Å². The molecule has 0 spiro atoms. The average Bonchev–Trinajstić information content (AvgIpc) is 2.86. The first-order chi connectivity index (χ1) is 16.7. The molecular weight excluding hydrogens is 424 g/mol. The van der Waals surface area contributed by atoms with Crippen molar-refractivity contribution >= 4 is 5.97 Å². The fourth-order valence-electron chi connectivity index (χ4n) is 3.64. The van der Waals surface area contributed by atoms with E-state index in [0.717, 1.165) is 30.8 Å². The zero-order valence-electron chi connectivity index (χ0n) is 20.9. The van der Waals surface area contributed by atoms with E-state index in [1.54, 1.807) is 24.3 Å². The van der Waals surface area contributed by atoms with Crippen LogP contribution in [0.15, 0.2) is 61.2 Å². The summed E-state index contributed by atoms with van der Waals surface area (Å²) in [4.78, 5) is 12.4. The minimum absolute atomic E-state index is 0.382. The molecule has 0 N–H and O–H groups in total. The summed E-state index contributed by atoms with van der Waals surface area (Å²) < 4.78 is 17.1. The minimum atomic E-state index is -0.382. The fraction of sp³-hybridized carbons (Fsp3) is 0.500. The molecule has 2 aromatic rings. The molecule has 2 rings (SSSR count). The highest BCUT2D eigenvalue weighted by molar-refractivity contribution is 5.91. The zero-order valence-corrected chi connectivity index (χ0v) is 20.9. The molecule has 0 saturated carbocycles. The highest BCUT2D eigenvalue weighted by atomic mass is 16.5. The van der Waals surface area contributed by atoms with Crippen molar-refractivity contribution in [1.82, 2.24) is 0 Å². The topological polar surface area (TPSA) is 44.8 Å². The van der Waals surface area contributed by atoms with E-state index in [1.807, 2.05) is 30.3 Å². The molecule has 4 heteroatoms. The van der Waals surface area contributed by atoms with Gasteiger partial charge >= 0.3 is 5.97 Å². The van der Waals surface area contributed by atoms with Gasteiger partial charge in [-0.1, -0.05) is 64.4 Å². The smallest absolute Gasteiger partial charge is 0.343 e. The average molecular weight is 467 g/mol. The van der Waals surface area contributed by atoms with E-state index in [-0.39, 0.29) is 5.97 Å². The van der Waals surface area contributed by atoms with Crippen LogP contribution >= 0.6 is 0 Å². The van der Waals surface area contributed by atoms with Crippen LogP contribution in [0.1, 0.15) is 94.3 Å². The van der Waals surface area contributed by atoms with Crippen LogP contribution in [0.2, 0.25) is 0 Å². The molecular formula is C30H42O4. The molecule has 0 aliphatic rings. The largest absolute Gasteiger partial charge is 0.494 e. The Labute approximate surface area is 206 Å². The van der Waals surface area contributed by atoms with Crippen LogP contribution in [0.5, 0.6) is 17.2 Å². The van der Waals surface area contributed by atoms with Gasteiger partial charge in [0.1, 0.15) is 17.2 Å². The maximum absolute atomic E-state index is 12.4. The van der Waals surface area contributed by atoms with Gasteiger partial charge in [0, 0.05) is 0 Å². The second-order valence-electron chi connectivity index (χ2n) is 8.70. The van der Waals surface area contributed by atoms with Gasteiger partial charge in [-0.05, 0) is 74.2 Å².